The number of hydrogen-bond acceptors (Lipinski definition) is 2. The summed E-state index contributed by atoms with van der Waals surface area (Å²) in [4.78, 5) is 12.1. The molecule has 0 unspecified atom stereocenters. The van der Waals surface area contributed by atoms with E-state index in [1.807, 2.05) is 56.3 Å². The highest BCUT2D eigenvalue weighted by Gasteiger charge is 2.22. The van der Waals surface area contributed by atoms with Gasteiger partial charge >= 0.3 is 0 Å². The summed E-state index contributed by atoms with van der Waals surface area (Å²) in [5, 5.41) is 9.40. The summed E-state index contributed by atoms with van der Waals surface area (Å²) < 4.78 is 2.15. The van der Waals surface area contributed by atoms with Crippen LogP contribution < -0.4 is 5.73 Å². The van der Waals surface area contributed by atoms with Crippen LogP contribution in [0.15, 0.2) is 54.6 Å². The Balaban J connectivity index is 2.00. The Kier molecular flexibility index (Phi) is 4.61. The molecule has 0 aliphatic carbocycles. The topological polar surface area (TPSA) is 68.2 Å². The fourth-order valence-electron chi connectivity index (χ4n) is 3.38. The Hall–Kier alpha value is -3.01. The molecular weight excluding hydrogens is 312 g/mol. The summed E-state index contributed by atoms with van der Waals surface area (Å²) in [5.74, 6) is -0.137. The number of hydrogen-bond donors (Lipinski definition) is 2. The van der Waals surface area contributed by atoms with Gasteiger partial charge in [0, 0.05) is 23.5 Å². The molecule has 0 spiro atoms. The third kappa shape index (κ3) is 3.29. The van der Waals surface area contributed by atoms with Crippen LogP contribution >= 0.6 is 0 Å². The molecule has 1 aromatic heterocycles. The van der Waals surface area contributed by atoms with Gasteiger partial charge in [0.1, 0.15) is 5.75 Å². The number of aromatic hydroxyl groups is 1. The highest BCUT2D eigenvalue weighted by molar-refractivity contribution is 6.02. The average Bonchev–Trinajstić information content (AvgIpc) is 2.86. The maximum absolute atomic E-state index is 12.1. The van der Waals surface area contributed by atoms with Crippen molar-refractivity contribution < 1.29 is 9.90 Å². The van der Waals surface area contributed by atoms with E-state index < -0.39 is 5.91 Å². The van der Waals surface area contributed by atoms with Gasteiger partial charge in [-0.05, 0) is 43.5 Å². The van der Waals surface area contributed by atoms with Crippen LogP contribution in [0.1, 0.15) is 27.3 Å². The number of carbonyl (C=O) groups excluding carboxylic acids is 1. The molecule has 4 heteroatoms. The Labute approximate surface area is 147 Å². The zero-order valence-electron chi connectivity index (χ0n) is 14.5. The Morgan fingerprint density at radius 3 is 2.24 bits per heavy atom. The molecule has 3 rings (SSSR count). The van der Waals surface area contributed by atoms with Crippen molar-refractivity contribution in [2.24, 2.45) is 5.73 Å². The molecule has 128 valence electrons. The number of primary amides is 1. The van der Waals surface area contributed by atoms with E-state index in [1.165, 1.54) is 0 Å². The van der Waals surface area contributed by atoms with Crippen LogP contribution in [0.2, 0.25) is 0 Å². The predicted octanol–water partition coefficient (Wildman–Crippen LogP) is 3.82. The fraction of sp³-hybridized carbons (Fsp3) is 0.190. The van der Waals surface area contributed by atoms with Crippen LogP contribution in [0, 0.1) is 13.8 Å². The van der Waals surface area contributed by atoms with Crippen LogP contribution in [-0.4, -0.2) is 15.6 Å². The van der Waals surface area contributed by atoms with Crippen molar-refractivity contribution in [3.05, 3.63) is 77.1 Å². The molecule has 3 N–H and O–H groups in total. The second-order valence-electron chi connectivity index (χ2n) is 6.22. The largest absolute Gasteiger partial charge is 0.508 e. The molecule has 25 heavy (non-hydrogen) atoms. The molecule has 0 atom stereocenters. The zero-order valence-corrected chi connectivity index (χ0v) is 14.5. The quantitative estimate of drug-likeness (QED) is 0.745. The first-order valence-corrected chi connectivity index (χ1v) is 8.32. The lowest BCUT2D eigenvalue weighted by Crippen LogP contribution is -2.13. The Bertz CT molecular complexity index is 894. The number of aryl methyl sites for hydroxylation is 1. The number of benzene rings is 2. The number of nitrogens with zero attached hydrogens (tertiary/aromatic N) is 1. The first-order chi connectivity index (χ1) is 12.0. The van der Waals surface area contributed by atoms with Gasteiger partial charge in [-0.2, -0.15) is 0 Å². The van der Waals surface area contributed by atoms with E-state index >= 15 is 0 Å². The van der Waals surface area contributed by atoms with Crippen molar-refractivity contribution in [2.75, 3.05) is 0 Å². The van der Waals surface area contributed by atoms with Crippen molar-refractivity contribution in [2.45, 2.75) is 26.8 Å². The molecule has 0 aliphatic heterocycles. The number of amides is 1. The number of nitrogens with two attached hydrogens (primary N) is 1. The lowest BCUT2D eigenvalue weighted by Gasteiger charge is -2.10. The fourth-order valence-corrected chi connectivity index (χ4v) is 3.38. The van der Waals surface area contributed by atoms with Crippen molar-refractivity contribution in [1.29, 1.82) is 0 Å². The molecule has 4 nitrogen and oxygen atoms in total. The van der Waals surface area contributed by atoms with Gasteiger partial charge in [0.25, 0.3) is 5.91 Å². The van der Waals surface area contributed by atoms with E-state index in [1.54, 1.807) is 12.1 Å². The monoisotopic (exact) mass is 334 g/mol. The summed E-state index contributed by atoms with van der Waals surface area (Å²) in [6.45, 7) is 4.71. The minimum absolute atomic E-state index is 0.263. The Morgan fingerprint density at radius 2 is 1.64 bits per heavy atom. The predicted molar refractivity (Wildman–Crippen MR) is 99.7 cm³/mol. The SMILES string of the molecule is Cc1c(C(N)=O)c(-c2ccccc2)c(C)n1CCc1ccc(O)cc1. The first-order valence-electron chi connectivity index (χ1n) is 8.32. The van der Waals surface area contributed by atoms with E-state index in [2.05, 4.69) is 4.57 Å². The minimum atomic E-state index is -0.400. The molecule has 0 bridgehead atoms. The average molecular weight is 334 g/mol. The molecular formula is C21H22N2O2. The second-order valence-corrected chi connectivity index (χ2v) is 6.22. The minimum Gasteiger partial charge on any atom is -0.508 e. The summed E-state index contributed by atoms with van der Waals surface area (Å²) in [7, 11) is 0. The molecule has 0 saturated carbocycles. The van der Waals surface area contributed by atoms with Gasteiger partial charge < -0.3 is 15.4 Å². The molecule has 1 heterocycles. The summed E-state index contributed by atoms with van der Waals surface area (Å²) in [6.07, 6.45) is 0.809. The van der Waals surface area contributed by atoms with Crippen LogP contribution in [0.5, 0.6) is 5.75 Å². The van der Waals surface area contributed by atoms with Gasteiger partial charge in [-0.1, -0.05) is 42.5 Å². The molecule has 2 aromatic carbocycles. The number of carbonyl (C=O) groups is 1. The van der Waals surface area contributed by atoms with Crippen molar-refractivity contribution in [1.82, 2.24) is 4.57 Å². The van der Waals surface area contributed by atoms with E-state index in [9.17, 15) is 9.90 Å². The maximum atomic E-state index is 12.1. The van der Waals surface area contributed by atoms with Gasteiger partial charge in [0.2, 0.25) is 0 Å². The third-order valence-electron chi connectivity index (χ3n) is 4.65. The molecule has 0 saturated heterocycles. The summed E-state index contributed by atoms with van der Waals surface area (Å²) in [6, 6.07) is 17.1. The summed E-state index contributed by atoms with van der Waals surface area (Å²) in [5.41, 5.74) is 11.2. The van der Waals surface area contributed by atoms with Crippen LogP contribution in [0.3, 0.4) is 0 Å². The number of rotatable bonds is 5. The molecule has 3 aromatic rings. The van der Waals surface area contributed by atoms with Crippen molar-refractivity contribution in [3.63, 3.8) is 0 Å². The Morgan fingerprint density at radius 1 is 1.00 bits per heavy atom. The zero-order chi connectivity index (χ0) is 18.0. The van der Waals surface area contributed by atoms with Crippen molar-refractivity contribution >= 4 is 5.91 Å². The molecule has 0 fully saturated rings. The first kappa shape index (κ1) is 16.8. The lowest BCUT2D eigenvalue weighted by molar-refractivity contribution is 0.1000. The van der Waals surface area contributed by atoms with Gasteiger partial charge in [-0.25, -0.2) is 0 Å². The summed E-state index contributed by atoms with van der Waals surface area (Å²) >= 11 is 0. The van der Waals surface area contributed by atoms with E-state index in [-0.39, 0.29) is 5.75 Å². The standard InChI is InChI=1S/C21H22N2O2/c1-14-19(17-6-4-3-5-7-17)20(21(22)25)15(2)23(14)13-12-16-8-10-18(24)11-9-16/h3-11,24H,12-13H2,1-2H3,(H2,22,25). The normalized spacial score (nSPS) is 10.8. The molecule has 1 amide bonds. The lowest BCUT2D eigenvalue weighted by atomic mass is 10.0. The number of aromatic nitrogens is 1. The smallest absolute Gasteiger partial charge is 0.251 e. The van der Waals surface area contributed by atoms with E-state index in [0.29, 0.717) is 5.56 Å². The van der Waals surface area contributed by atoms with Crippen molar-refractivity contribution in [3.8, 4) is 16.9 Å². The van der Waals surface area contributed by atoms with E-state index in [0.717, 1.165) is 41.0 Å². The molecule has 0 radical (unpaired) electrons. The van der Waals surface area contributed by atoms with E-state index in [4.69, 9.17) is 5.73 Å². The van der Waals surface area contributed by atoms with Crippen LogP contribution in [0.25, 0.3) is 11.1 Å². The van der Waals surface area contributed by atoms with Crippen LogP contribution in [0.4, 0.5) is 0 Å². The number of phenolic OH excluding ortho intramolecular Hbond substituents is 1. The van der Waals surface area contributed by atoms with Gasteiger partial charge in [0.05, 0.1) is 5.56 Å². The van der Waals surface area contributed by atoms with Crippen LogP contribution in [-0.2, 0) is 13.0 Å². The van der Waals surface area contributed by atoms with Gasteiger partial charge in [0.15, 0.2) is 0 Å². The maximum Gasteiger partial charge on any atom is 0.251 e. The third-order valence-corrected chi connectivity index (χ3v) is 4.65. The second kappa shape index (κ2) is 6.85. The van der Waals surface area contributed by atoms with Gasteiger partial charge in [-0.15, -0.1) is 0 Å². The number of phenols is 1. The highest BCUT2D eigenvalue weighted by Crippen LogP contribution is 2.32. The molecule has 0 aliphatic rings. The van der Waals surface area contributed by atoms with Gasteiger partial charge in [-0.3, -0.25) is 4.79 Å². The highest BCUT2D eigenvalue weighted by atomic mass is 16.3.